The molecule has 0 bridgehead atoms. The molecule has 1 aliphatic heterocycles. The largest absolute Gasteiger partial charge is 0.342 e. The van der Waals surface area contributed by atoms with E-state index in [1.807, 2.05) is 54.6 Å². The average molecular weight is 528 g/mol. The van der Waals surface area contributed by atoms with Gasteiger partial charge in [0.05, 0.1) is 5.54 Å². The van der Waals surface area contributed by atoms with Crippen LogP contribution in [-0.2, 0) is 20.8 Å². The molecule has 39 heavy (non-hydrogen) atoms. The molecule has 1 aliphatic rings. The van der Waals surface area contributed by atoms with Gasteiger partial charge in [-0.05, 0) is 53.8 Å². The third-order valence-electron chi connectivity index (χ3n) is 7.07. The van der Waals surface area contributed by atoms with E-state index in [4.69, 9.17) is 5.73 Å². The summed E-state index contributed by atoms with van der Waals surface area (Å²) in [5.41, 5.74) is 9.04. The number of amides is 3. The number of benzene rings is 3. The van der Waals surface area contributed by atoms with E-state index in [9.17, 15) is 14.4 Å². The number of nitrogens with one attached hydrogen (secondary N) is 4. The first-order valence-electron chi connectivity index (χ1n) is 13.3. The fraction of sp³-hybridized carbons (Fsp3) is 0.323. The van der Waals surface area contributed by atoms with E-state index in [1.54, 1.807) is 13.8 Å². The molecule has 0 aliphatic carbocycles. The number of hydrogen-bond acceptors (Lipinski definition) is 5. The van der Waals surface area contributed by atoms with Crippen molar-refractivity contribution in [3.63, 3.8) is 0 Å². The monoisotopic (exact) mass is 527 g/mol. The maximum absolute atomic E-state index is 13.7. The van der Waals surface area contributed by atoms with Crippen molar-refractivity contribution in [2.24, 2.45) is 5.73 Å². The second-order valence-electron chi connectivity index (χ2n) is 10.6. The molecule has 0 saturated heterocycles. The van der Waals surface area contributed by atoms with Gasteiger partial charge >= 0.3 is 0 Å². The summed E-state index contributed by atoms with van der Waals surface area (Å²) in [7, 11) is 0. The molecule has 0 aromatic heterocycles. The summed E-state index contributed by atoms with van der Waals surface area (Å²) in [5, 5.41) is 14.0. The summed E-state index contributed by atoms with van der Waals surface area (Å²) < 4.78 is 0. The highest BCUT2D eigenvalue weighted by molar-refractivity contribution is 5.93. The van der Waals surface area contributed by atoms with E-state index in [-0.39, 0.29) is 12.5 Å². The van der Waals surface area contributed by atoms with Gasteiger partial charge in [0.15, 0.2) is 0 Å². The Hall–Kier alpha value is -4.01. The molecule has 0 spiro atoms. The molecular formula is C31H37N5O3. The second kappa shape index (κ2) is 12.2. The molecule has 0 radical (unpaired) electrons. The Bertz CT molecular complexity index is 1370. The minimum atomic E-state index is -1.17. The van der Waals surface area contributed by atoms with Crippen LogP contribution in [0, 0.1) is 0 Å². The van der Waals surface area contributed by atoms with Gasteiger partial charge in [-0.3, -0.25) is 14.4 Å². The van der Waals surface area contributed by atoms with Crippen molar-refractivity contribution in [2.45, 2.75) is 57.4 Å². The first-order chi connectivity index (χ1) is 18.7. The molecule has 4 rings (SSSR count). The highest BCUT2D eigenvalue weighted by Gasteiger charge is 2.30. The second-order valence-corrected chi connectivity index (χ2v) is 10.6. The van der Waals surface area contributed by atoms with Crippen LogP contribution in [0.1, 0.15) is 49.9 Å². The van der Waals surface area contributed by atoms with Crippen molar-refractivity contribution >= 4 is 34.6 Å². The molecule has 8 heteroatoms. The van der Waals surface area contributed by atoms with E-state index in [0.29, 0.717) is 19.4 Å². The third kappa shape index (κ3) is 6.90. The van der Waals surface area contributed by atoms with Gasteiger partial charge in [-0.1, -0.05) is 72.8 Å². The Morgan fingerprint density at radius 1 is 1.03 bits per heavy atom. The van der Waals surface area contributed by atoms with Crippen LogP contribution in [0.5, 0.6) is 0 Å². The Kier molecular flexibility index (Phi) is 8.79. The van der Waals surface area contributed by atoms with Crippen LogP contribution in [-0.4, -0.2) is 42.5 Å². The fourth-order valence-electron chi connectivity index (χ4n) is 4.91. The highest BCUT2D eigenvalue weighted by Crippen LogP contribution is 2.29. The average Bonchev–Trinajstić information content (AvgIpc) is 3.06. The summed E-state index contributed by atoms with van der Waals surface area (Å²) in [6.45, 7) is 5.96. The normalized spacial score (nSPS) is 16.7. The predicted molar refractivity (Wildman–Crippen MR) is 154 cm³/mol. The molecule has 0 saturated carbocycles. The Labute approximate surface area is 229 Å². The zero-order valence-electron chi connectivity index (χ0n) is 22.7. The summed E-state index contributed by atoms with van der Waals surface area (Å²) in [5.74, 6) is -0.850. The van der Waals surface area contributed by atoms with E-state index >= 15 is 0 Å². The van der Waals surface area contributed by atoms with Gasteiger partial charge in [-0.15, -0.1) is 0 Å². The van der Waals surface area contributed by atoms with Crippen LogP contribution in [0.3, 0.4) is 0 Å². The van der Waals surface area contributed by atoms with Crippen LogP contribution in [0.25, 0.3) is 16.3 Å². The Morgan fingerprint density at radius 2 is 1.74 bits per heavy atom. The summed E-state index contributed by atoms with van der Waals surface area (Å²) in [6.07, 6.45) is 2.63. The van der Waals surface area contributed by atoms with Crippen molar-refractivity contribution in [3.8, 4) is 0 Å². The molecule has 3 atom stereocenters. The van der Waals surface area contributed by atoms with Gasteiger partial charge in [-0.2, -0.15) is 0 Å². The van der Waals surface area contributed by atoms with Crippen LogP contribution >= 0.6 is 0 Å². The summed E-state index contributed by atoms with van der Waals surface area (Å²) >= 11 is 0. The Morgan fingerprint density at radius 3 is 2.51 bits per heavy atom. The van der Waals surface area contributed by atoms with Gasteiger partial charge in [-0.25, -0.2) is 0 Å². The maximum atomic E-state index is 13.7. The van der Waals surface area contributed by atoms with Gasteiger partial charge in [0.1, 0.15) is 12.2 Å². The lowest BCUT2D eigenvalue weighted by molar-refractivity contribution is -0.131. The molecule has 8 nitrogen and oxygen atoms in total. The molecule has 3 aromatic carbocycles. The standard InChI is InChI=1S/C31H37N5O3/c1-20-24-12-6-7-14-26(24)23(15-16-33-20)18-28(34-19-37)36-29(38)27(35-30(39)31(2,3)32)17-22-11-8-10-21-9-4-5-13-25(21)22/h4-15,19-20,27-28,33H,16-18,32H2,1-3H3,(H,34,37)(H,35,39)(H,36,38)/t20-,27-,28-/m1/s1. The molecule has 3 aromatic rings. The molecule has 0 fully saturated rings. The smallest absolute Gasteiger partial charge is 0.244 e. The van der Waals surface area contributed by atoms with Crippen molar-refractivity contribution in [1.29, 1.82) is 0 Å². The molecule has 1 heterocycles. The topological polar surface area (TPSA) is 125 Å². The number of fused-ring (bicyclic) bond motifs is 2. The van der Waals surface area contributed by atoms with Gasteiger partial charge in [0.2, 0.25) is 18.2 Å². The minimum Gasteiger partial charge on any atom is -0.342 e. The first kappa shape index (κ1) is 28.0. The SMILES string of the molecule is C[C@H]1NCC=C(C[C@H](NC=O)NC(=O)[C@@H](Cc2cccc3ccccc23)NC(=O)C(C)(C)N)c2ccccc21. The third-order valence-corrected chi connectivity index (χ3v) is 7.07. The molecule has 0 unspecified atom stereocenters. The van der Waals surface area contributed by atoms with Crippen molar-refractivity contribution in [2.75, 3.05) is 6.54 Å². The number of nitrogens with two attached hydrogens (primary N) is 1. The number of hydrogen-bond donors (Lipinski definition) is 5. The predicted octanol–water partition coefficient (Wildman–Crippen LogP) is 2.93. The van der Waals surface area contributed by atoms with Crippen LogP contribution in [0.4, 0.5) is 0 Å². The fourth-order valence-corrected chi connectivity index (χ4v) is 4.91. The van der Waals surface area contributed by atoms with Crippen LogP contribution in [0.15, 0.2) is 72.8 Å². The zero-order chi connectivity index (χ0) is 28.0. The van der Waals surface area contributed by atoms with E-state index < -0.39 is 29.6 Å². The summed E-state index contributed by atoms with van der Waals surface area (Å²) in [4.78, 5) is 38.1. The van der Waals surface area contributed by atoms with Crippen LogP contribution < -0.4 is 27.0 Å². The van der Waals surface area contributed by atoms with E-state index in [2.05, 4.69) is 46.4 Å². The van der Waals surface area contributed by atoms with E-state index in [0.717, 1.165) is 33.0 Å². The first-order valence-corrected chi connectivity index (χ1v) is 13.3. The van der Waals surface area contributed by atoms with Crippen molar-refractivity contribution < 1.29 is 14.4 Å². The highest BCUT2D eigenvalue weighted by atomic mass is 16.2. The Balaban J connectivity index is 1.59. The van der Waals surface area contributed by atoms with E-state index in [1.165, 1.54) is 0 Å². The zero-order valence-corrected chi connectivity index (χ0v) is 22.7. The quantitative estimate of drug-likeness (QED) is 0.205. The van der Waals surface area contributed by atoms with Crippen molar-refractivity contribution in [1.82, 2.24) is 21.3 Å². The van der Waals surface area contributed by atoms with Gasteiger partial charge in [0, 0.05) is 25.4 Å². The minimum absolute atomic E-state index is 0.168. The maximum Gasteiger partial charge on any atom is 0.244 e. The van der Waals surface area contributed by atoms with Crippen molar-refractivity contribution in [3.05, 3.63) is 89.5 Å². The molecular weight excluding hydrogens is 490 g/mol. The lowest BCUT2D eigenvalue weighted by Gasteiger charge is -2.27. The summed E-state index contributed by atoms with van der Waals surface area (Å²) in [6, 6.07) is 21.2. The number of carbonyl (C=O) groups excluding carboxylic acids is 3. The molecule has 204 valence electrons. The lowest BCUT2D eigenvalue weighted by atomic mass is 9.93. The van der Waals surface area contributed by atoms with Gasteiger partial charge in [0.25, 0.3) is 0 Å². The number of rotatable bonds is 10. The lowest BCUT2D eigenvalue weighted by Crippen LogP contribution is -2.58. The van der Waals surface area contributed by atoms with Gasteiger partial charge < -0.3 is 27.0 Å². The van der Waals surface area contributed by atoms with Crippen LogP contribution in [0.2, 0.25) is 0 Å². The molecule has 6 N–H and O–H groups in total. The molecule has 3 amide bonds. The number of carbonyl (C=O) groups is 3.